The first-order valence-electron chi connectivity index (χ1n) is 11.5. The molecule has 0 aromatic heterocycles. The number of nitrogens with zero attached hydrogens (tertiary/aromatic N) is 1. The van der Waals surface area contributed by atoms with E-state index in [-0.39, 0.29) is 18.1 Å². The fraction of sp³-hybridized carbons (Fsp3) is 0.222. The van der Waals surface area contributed by atoms with E-state index in [1.54, 1.807) is 20.3 Å². The third-order valence-corrected chi connectivity index (χ3v) is 6.70. The van der Waals surface area contributed by atoms with Gasteiger partial charge in [-0.15, -0.1) is 0 Å². The van der Waals surface area contributed by atoms with E-state index in [4.69, 9.17) is 9.47 Å². The molecule has 0 radical (unpaired) electrons. The summed E-state index contributed by atoms with van der Waals surface area (Å²) in [5.74, 6) is 0.340. The molecule has 3 aromatic rings. The quantitative estimate of drug-likeness (QED) is 0.394. The Morgan fingerprint density at radius 1 is 0.917 bits per heavy atom. The average Bonchev–Trinajstić information content (AvgIpc) is 3.05. The highest BCUT2D eigenvalue weighted by Crippen LogP contribution is 2.45. The molecule has 2 aliphatic rings. The van der Waals surface area contributed by atoms with Crippen LogP contribution in [0.5, 0.6) is 17.2 Å². The van der Waals surface area contributed by atoms with Crippen molar-refractivity contribution in [3.63, 3.8) is 0 Å². The molecule has 1 aliphatic heterocycles. The van der Waals surface area contributed by atoms with Gasteiger partial charge in [-0.1, -0.05) is 30.3 Å². The number of anilines is 2. The van der Waals surface area contributed by atoms with Gasteiger partial charge in [0.15, 0.2) is 17.3 Å². The number of nitrogens with one attached hydrogen (secondary N) is 2. The maximum Gasteiger partial charge on any atom is 0.262 e. The van der Waals surface area contributed by atoms with Crippen molar-refractivity contribution < 1.29 is 24.3 Å². The highest BCUT2D eigenvalue weighted by Gasteiger charge is 2.36. The van der Waals surface area contributed by atoms with Crippen LogP contribution in [0.3, 0.4) is 0 Å². The molecular formula is C27H24N3O6-. The summed E-state index contributed by atoms with van der Waals surface area (Å²) in [7, 11) is 3.14. The van der Waals surface area contributed by atoms with Gasteiger partial charge >= 0.3 is 0 Å². The number of carbonyl (C=O) groups excluding carboxylic acids is 1. The Morgan fingerprint density at radius 3 is 2.36 bits per heavy atom. The second-order valence-corrected chi connectivity index (χ2v) is 8.77. The van der Waals surface area contributed by atoms with Crippen molar-refractivity contribution in [2.24, 2.45) is 0 Å². The number of ketones is 1. The summed E-state index contributed by atoms with van der Waals surface area (Å²) in [5.41, 5.74) is 3.70. The number of allylic oxidation sites excluding steroid dienone is 1. The maximum atomic E-state index is 13.7. The zero-order chi connectivity index (χ0) is 25.4. The van der Waals surface area contributed by atoms with Crippen molar-refractivity contribution in [2.45, 2.75) is 24.8 Å². The Bertz CT molecular complexity index is 1400. The van der Waals surface area contributed by atoms with E-state index < -0.39 is 22.4 Å². The fourth-order valence-electron chi connectivity index (χ4n) is 4.94. The average molecular weight is 487 g/mol. The number of nitro groups is 1. The molecule has 2 atom stereocenters. The molecule has 3 aromatic carbocycles. The Morgan fingerprint density at radius 2 is 1.64 bits per heavy atom. The molecule has 0 fully saturated rings. The molecule has 0 spiro atoms. The van der Waals surface area contributed by atoms with Crippen LogP contribution in [0, 0.1) is 10.1 Å². The van der Waals surface area contributed by atoms with Crippen molar-refractivity contribution in [1.29, 1.82) is 0 Å². The van der Waals surface area contributed by atoms with Crippen LogP contribution < -0.4 is 25.2 Å². The van der Waals surface area contributed by atoms with E-state index in [0.29, 0.717) is 29.1 Å². The summed E-state index contributed by atoms with van der Waals surface area (Å²) in [4.78, 5) is 24.4. The summed E-state index contributed by atoms with van der Waals surface area (Å²) < 4.78 is 10.8. The van der Waals surface area contributed by atoms with Crippen LogP contribution in [-0.4, -0.2) is 24.9 Å². The lowest BCUT2D eigenvalue weighted by atomic mass is 9.78. The molecule has 0 amide bonds. The first-order chi connectivity index (χ1) is 17.4. The molecule has 1 heterocycles. The maximum absolute atomic E-state index is 13.7. The molecule has 36 heavy (non-hydrogen) atoms. The summed E-state index contributed by atoms with van der Waals surface area (Å²) in [6.45, 7) is 0. The van der Waals surface area contributed by atoms with Crippen molar-refractivity contribution >= 4 is 22.8 Å². The lowest BCUT2D eigenvalue weighted by molar-refractivity contribution is -0.398. The summed E-state index contributed by atoms with van der Waals surface area (Å²) in [5, 5.41) is 30.3. The highest BCUT2D eigenvalue weighted by atomic mass is 16.6. The minimum absolute atomic E-state index is 0.0808. The number of para-hydroxylation sites is 2. The predicted molar refractivity (Wildman–Crippen MR) is 133 cm³/mol. The number of ether oxygens (including phenoxy) is 2. The van der Waals surface area contributed by atoms with Crippen LogP contribution in [0.15, 0.2) is 71.9 Å². The van der Waals surface area contributed by atoms with Gasteiger partial charge in [-0.05, 0) is 53.5 Å². The molecule has 0 unspecified atom stereocenters. The lowest BCUT2D eigenvalue weighted by Gasteiger charge is -2.30. The Balaban J connectivity index is 1.60. The third-order valence-electron chi connectivity index (χ3n) is 6.70. The van der Waals surface area contributed by atoms with Crippen LogP contribution in [0.25, 0.3) is 0 Å². The molecule has 2 N–H and O–H groups in total. The molecule has 0 saturated carbocycles. The van der Waals surface area contributed by atoms with Gasteiger partial charge in [0.05, 0.1) is 36.6 Å². The first-order valence-corrected chi connectivity index (χ1v) is 11.5. The van der Waals surface area contributed by atoms with Crippen LogP contribution in [-0.2, 0) is 4.79 Å². The lowest BCUT2D eigenvalue weighted by Crippen LogP contribution is -2.27. The summed E-state index contributed by atoms with van der Waals surface area (Å²) >= 11 is 0. The van der Waals surface area contributed by atoms with Gasteiger partial charge in [-0.3, -0.25) is 14.9 Å². The Labute approximate surface area is 207 Å². The van der Waals surface area contributed by atoms with Gasteiger partial charge in [0.1, 0.15) is 0 Å². The normalized spacial score (nSPS) is 18.8. The zero-order valence-electron chi connectivity index (χ0n) is 19.7. The van der Waals surface area contributed by atoms with Gasteiger partial charge in [0, 0.05) is 23.8 Å². The number of hydrogen-bond acceptors (Lipinski definition) is 8. The van der Waals surface area contributed by atoms with Gasteiger partial charge in [-0.2, -0.15) is 0 Å². The van der Waals surface area contributed by atoms with E-state index in [1.165, 1.54) is 12.1 Å². The topological polar surface area (TPSA) is 126 Å². The number of carbonyl (C=O) groups is 1. The highest BCUT2D eigenvalue weighted by molar-refractivity contribution is 6.01. The van der Waals surface area contributed by atoms with Gasteiger partial charge in [0.2, 0.25) is 0 Å². The van der Waals surface area contributed by atoms with Crippen molar-refractivity contribution in [3.05, 3.63) is 93.2 Å². The number of benzene rings is 3. The Hall–Kier alpha value is -4.53. The Kier molecular flexibility index (Phi) is 5.97. The van der Waals surface area contributed by atoms with E-state index in [2.05, 4.69) is 10.6 Å². The smallest absolute Gasteiger partial charge is 0.262 e. The number of nitro benzene ring substituents is 1. The minimum atomic E-state index is -0.695. The third kappa shape index (κ3) is 4.08. The van der Waals surface area contributed by atoms with Gasteiger partial charge in [-0.25, -0.2) is 0 Å². The number of methoxy groups -OCH3 is 2. The first kappa shape index (κ1) is 23.2. The molecule has 1 aliphatic carbocycles. The SMILES string of the molecule is COc1ccc([C@H]2CC(=O)C3=C(C2)Nc2ccccc2N[C@@H]3c2ccc([O-])c([N+](=O)[O-])c2)cc1OC. The standard InChI is InChI=1S/C27H25N3O6/c1-35-24-10-8-15(14-25(24)36-2)17-11-20-26(23(32)13-17)27(29-19-6-4-3-5-18(19)28-20)16-7-9-22(31)21(12-16)30(33)34/h3-10,12,14,17,27-29,31H,11,13H2,1-2H3/p-1/t17-,27-/m1/s1. The number of Topliss-reactive ketones (excluding diaryl/α,β-unsaturated/α-hetero) is 1. The molecule has 0 saturated heterocycles. The summed E-state index contributed by atoms with van der Waals surface area (Å²) in [6, 6.07) is 16.5. The van der Waals surface area contributed by atoms with E-state index >= 15 is 0 Å². The van der Waals surface area contributed by atoms with Gasteiger partial charge < -0.3 is 25.2 Å². The van der Waals surface area contributed by atoms with E-state index in [0.717, 1.165) is 22.6 Å². The molecule has 5 rings (SSSR count). The number of rotatable bonds is 5. The number of fused-ring (bicyclic) bond motifs is 1. The second-order valence-electron chi connectivity index (χ2n) is 8.77. The summed E-state index contributed by atoms with van der Waals surface area (Å²) in [6.07, 6.45) is 0.803. The van der Waals surface area contributed by atoms with Crippen LogP contribution in [0.4, 0.5) is 17.1 Å². The van der Waals surface area contributed by atoms with Crippen molar-refractivity contribution in [3.8, 4) is 17.2 Å². The molecule has 9 nitrogen and oxygen atoms in total. The molecule has 184 valence electrons. The van der Waals surface area contributed by atoms with E-state index in [1.807, 2.05) is 42.5 Å². The van der Waals surface area contributed by atoms with Gasteiger partial charge in [0.25, 0.3) is 5.69 Å². The molecule has 9 heteroatoms. The minimum Gasteiger partial charge on any atom is -0.868 e. The fourth-order valence-corrected chi connectivity index (χ4v) is 4.94. The zero-order valence-corrected chi connectivity index (χ0v) is 19.7. The monoisotopic (exact) mass is 486 g/mol. The largest absolute Gasteiger partial charge is 0.868 e. The molecule has 0 bridgehead atoms. The molecular weight excluding hydrogens is 462 g/mol. The van der Waals surface area contributed by atoms with Crippen LogP contribution in [0.1, 0.15) is 35.9 Å². The van der Waals surface area contributed by atoms with Crippen molar-refractivity contribution in [1.82, 2.24) is 0 Å². The second kappa shape index (κ2) is 9.26. The van der Waals surface area contributed by atoms with Crippen LogP contribution in [0.2, 0.25) is 0 Å². The van der Waals surface area contributed by atoms with Crippen LogP contribution >= 0.6 is 0 Å². The van der Waals surface area contributed by atoms with Crippen molar-refractivity contribution in [2.75, 3.05) is 24.9 Å². The predicted octanol–water partition coefficient (Wildman–Crippen LogP) is 4.67. The number of hydrogen-bond donors (Lipinski definition) is 2. The van der Waals surface area contributed by atoms with E-state index in [9.17, 15) is 20.0 Å².